The van der Waals surface area contributed by atoms with Crippen LogP contribution in [0.3, 0.4) is 0 Å². The summed E-state index contributed by atoms with van der Waals surface area (Å²) >= 11 is 1.30. The molecule has 0 saturated heterocycles. The number of thiophene rings is 1. The van der Waals surface area contributed by atoms with Gasteiger partial charge in [-0.3, -0.25) is 4.57 Å². The maximum atomic E-state index is 12.7. The van der Waals surface area contributed by atoms with Crippen molar-refractivity contribution in [2.24, 2.45) is 5.73 Å². The summed E-state index contributed by atoms with van der Waals surface area (Å²) in [6.07, 6.45) is 1.89. The molecule has 0 aromatic carbocycles. The summed E-state index contributed by atoms with van der Waals surface area (Å²) in [6, 6.07) is 3.48. The third kappa shape index (κ3) is 4.17. The minimum atomic E-state index is -2.72. The van der Waals surface area contributed by atoms with Gasteiger partial charge in [0.1, 0.15) is 6.33 Å². The molecule has 0 atom stereocenters. The summed E-state index contributed by atoms with van der Waals surface area (Å²) in [7, 11) is 0. The molecule has 3 aromatic heterocycles. The second kappa shape index (κ2) is 7.88. The minimum absolute atomic E-state index is 0.173. The smallest absolute Gasteiger partial charge is 0.327 e. The zero-order valence-corrected chi connectivity index (χ0v) is 14.5. The topological polar surface area (TPSA) is 83.7 Å². The first-order valence-electron chi connectivity index (χ1n) is 7.65. The fourth-order valence-corrected chi connectivity index (χ4v) is 3.31. The van der Waals surface area contributed by atoms with Gasteiger partial charge in [-0.25, -0.2) is 14.2 Å². The van der Waals surface area contributed by atoms with E-state index in [1.54, 1.807) is 12.1 Å². The van der Waals surface area contributed by atoms with E-state index < -0.39 is 18.3 Å². The number of aromatic nitrogens is 5. The molecule has 27 heavy (non-hydrogen) atoms. The van der Waals surface area contributed by atoms with Gasteiger partial charge in [0.25, 0.3) is 6.08 Å². The first-order chi connectivity index (χ1) is 12.9. The minimum Gasteiger partial charge on any atom is -0.327 e. The quantitative estimate of drug-likeness (QED) is 0.616. The average Bonchev–Trinajstić information content (AvgIpc) is 3.34. The molecule has 0 spiro atoms. The summed E-state index contributed by atoms with van der Waals surface area (Å²) in [5.74, 6) is 0. The number of hydrogen-bond donors (Lipinski definition) is 1. The van der Waals surface area contributed by atoms with Gasteiger partial charge < -0.3 is 5.73 Å². The van der Waals surface area contributed by atoms with Gasteiger partial charge in [-0.2, -0.15) is 27.8 Å². The van der Waals surface area contributed by atoms with Gasteiger partial charge in [0, 0.05) is 33.6 Å². The Morgan fingerprint density at radius 1 is 1.26 bits per heavy atom. The lowest BCUT2D eigenvalue weighted by atomic mass is 10.3. The number of rotatable bonds is 7. The van der Waals surface area contributed by atoms with Gasteiger partial charge in [0.15, 0.2) is 0 Å². The Labute approximate surface area is 153 Å². The lowest BCUT2D eigenvalue weighted by Crippen LogP contribution is -2.27. The second-order valence-electron chi connectivity index (χ2n) is 5.52. The second-order valence-corrected chi connectivity index (χ2v) is 6.69. The van der Waals surface area contributed by atoms with Crippen LogP contribution in [0.5, 0.6) is 0 Å². The van der Waals surface area contributed by atoms with Crippen molar-refractivity contribution in [3.8, 4) is 10.4 Å². The Bertz CT molecular complexity index is 1010. The van der Waals surface area contributed by atoms with E-state index in [0.717, 1.165) is 9.56 Å². The van der Waals surface area contributed by atoms with Gasteiger partial charge in [-0.1, -0.05) is 0 Å². The molecule has 0 unspecified atom stereocenters. The van der Waals surface area contributed by atoms with E-state index >= 15 is 0 Å². The summed E-state index contributed by atoms with van der Waals surface area (Å²) in [4.78, 5) is 13.7. The number of nitrogens with two attached hydrogens (primary N) is 1. The molecule has 0 amide bonds. The third-order valence-electron chi connectivity index (χ3n) is 3.73. The molecule has 0 bridgehead atoms. The highest BCUT2D eigenvalue weighted by atomic mass is 32.1. The van der Waals surface area contributed by atoms with Gasteiger partial charge in [0.05, 0.1) is 19.3 Å². The van der Waals surface area contributed by atoms with Crippen LogP contribution in [0.2, 0.25) is 0 Å². The van der Waals surface area contributed by atoms with E-state index in [1.165, 1.54) is 34.6 Å². The standard InChI is InChI=1S/C15H14F4N6OS/c16-13(17)9(3-20)5-25-15(26)23(8-22-25)7-11-1-2-12(27-11)10-4-21-24(6-10)14(18)19/h1-2,4,6,8,14H,3,5,7,20H2. The van der Waals surface area contributed by atoms with Crippen LogP contribution in [0.1, 0.15) is 11.4 Å². The predicted molar refractivity (Wildman–Crippen MR) is 90.7 cm³/mol. The van der Waals surface area contributed by atoms with Crippen molar-refractivity contribution in [3.63, 3.8) is 0 Å². The van der Waals surface area contributed by atoms with Crippen LogP contribution in [0.15, 0.2) is 47.3 Å². The molecule has 3 rings (SSSR count). The molecule has 0 aliphatic heterocycles. The molecular weight excluding hydrogens is 388 g/mol. The molecule has 2 N–H and O–H groups in total. The fourth-order valence-electron chi connectivity index (χ4n) is 2.33. The van der Waals surface area contributed by atoms with Crippen LogP contribution in [0.4, 0.5) is 17.6 Å². The molecule has 3 aromatic rings. The summed E-state index contributed by atoms with van der Waals surface area (Å²) in [5, 5.41) is 7.40. The van der Waals surface area contributed by atoms with Crippen molar-refractivity contribution in [1.82, 2.24) is 24.1 Å². The van der Waals surface area contributed by atoms with E-state index in [2.05, 4.69) is 10.2 Å². The van der Waals surface area contributed by atoms with E-state index in [-0.39, 0.29) is 25.2 Å². The normalized spacial score (nSPS) is 11.3. The molecule has 3 heterocycles. The van der Waals surface area contributed by atoms with Gasteiger partial charge >= 0.3 is 12.2 Å². The maximum absolute atomic E-state index is 12.7. The largest absolute Gasteiger partial charge is 0.346 e. The van der Waals surface area contributed by atoms with Crippen LogP contribution in [0.25, 0.3) is 10.4 Å². The highest BCUT2D eigenvalue weighted by Crippen LogP contribution is 2.29. The Balaban J connectivity index is 1.76. The lowest BCUT2D eigenvalue weighted by molar-refractivity contribution is 0.0566. The van der Waals surface area contributed by atoms with Crippen molar-refractivity contribution in [2.75, 3.05) is 6.54 Å². The Morgan fingerprint density at radius 3 is 2.67 bits per heavy atom. The van der Waals surface area contributed by atoms with Crippen molar-refractivity contribution < 1.29 is 17.6 Å². The molecule has 0 aliphatic carbocycles. The Kier molecular flexibility index (Phi) is 5.56. The molecule has 7 nitrogen and oxygen atoms in total. The van der Waals surface area contributed by atoms with Crippen LogP contribution in [-0.2, 0) is 13.1 Å². The average molecular weight is 402 g/mol. The van der Waals surface area contributed by atoms with Crippen LogP contribution >= 0.6 is 11.3 Å². The van der Waals surface area contributed by atoms with Crippen molar-refractivity contribution in [1.29, 1.82) is 0 Å². The Hall–Kier alpha value is -2.73. The Morgan fingerprint density at radius 2 is 2.04 bits per heavy atom. The number of hydrogen-bond acceptors (Lipinski definition) is 5. The molecule has 0 radical (unpaired) electrons. The first kappa shape index (κ1) is 19.0. The number of nitrogens with zero attached hydrogens (tertiary/aromatic N) is 5. The molecule has 0 saturated carbocycles. The lowest BCUT2D eigenvalue weighted by Gasteiger charge is -2.02. The number of halogens is 4. The summed E-state index contributed by atoms with van der Waals surface area (Å²) < 4.78 is 53.3. The molecule has 0 fully saturated rings. The monoisotopic (exact) mass is 402 g/mol. The van der Waals surface area contributed by atoms with Crippen molar-refractivity contribution in [3.05, 3.63) is 57.9 Å². The molecular formula is C15H14F4N6OS. The van der Waals surface area contributed by atoms with E-state index in [1.807, 2.05) is 0 Å². The van der Waals surface area contributed by atoms with Gasteiger partial charge in [0.2, 0.25) is 0 Å². The third-order valence-corrected chi connectivity index (χ3v) is 4.84. The van der Waals surface area contributed by atoms with Crippen molar-refractivity contribution >= 4 is 11.3 Å². The van der Waals surface area contributed by atoms with E-state index in [9.17, 15) is 22.4 Å². The zero-order chi connectivity index (χ0) is 19.6. The van der Waals surface area contributed by atoms with E-state index in [0.29, 0.717) is 15.1 Å². The van der Waals surface area contributed by atoms with Crippen LogP contribution < -0.4 is 11.4 Å². The van der Waals surface area contributed by atoms with Crippen LogP contribution in [-0.4, -0.2) is 30.7 Å². The van der Waals surface area contributed by atoms with Crippen molar-refractivity contribution in [2.45, 2.75) is 19.6 Å². The zero-order valence-electron chi connectivity index (χ0n) is 13.7. The molecule has 12 heteroatoms. The maximum Gasteiger partial charge on any atom is 0.346 e. The highest BCUT2D eigenvalue weighted by Gasteiger charge is 2.13. The van der Waals surface area contributed by atoms with Gasteiger partial charge in [-0.05, 0) is 12.1 Å². The summed E-state index contributed by atoms with van der Waals surface area (Å²) in [6.45, 7) is -3.30. The molecule has 0 aliphatic rings. The van der Waals surface area contributed by atoms with Crippen LogP contribution in [0, 0.1) is 0 Å². The predicted octanol–water partition coefficient (Wildman–Crippen LogP) is 2.52. The first-order valence-corrected chi connectivity index (χ1v) is 8.47. The fraction of sp³-hybridized carbons (Fsp3) is 0.267. The summed E-state index contributed by atoms with van der Waals surface area (Å²) in [5.41, 5.74) is 4.86. The number of alkyl halides is 2. The van der Waals surface area contributed by atoms with Gasteiger partial charge in [-0.15, -0.1) is 11.3 Å². The molecule has 144 valence electrons. The van der Waals surface area contributed by atoms with E-state index in [4.69, 9.17) is 5.73 Å². The SMILES string of the molecule is NCC(Cn1ncn(Cc2ccc(-c3cnn(C(F)F)c3)s2)c1=O)=C(F)F. The highest BCUT2D eigenvalue weighted by molar-refractivity contribution is 7.15.